The molecule has 5 heteroatoms. The lowest BCUT2D eigenvalue weighted by molar-refractivity contribution is -0.130. The molecule has 0 aliphatic rings. The summed E-state index contributed by atoms with van der Waals surface area (Å²) in [7, 11) is 0. The molecule has 2 N–H and O–H groups in total. The molecule has 0 aliphatic heterocycles. The second kappa shape index (κ2) is 7.53. The number of amides is 2. The number of aryl methyl sites for hydroxylation is 1. The van der Waals surface area contributed by atoms with Crippen LogP contribution in [0.15, 0.2) is 24.3 Å². The van der Waals surface area contributed by atoms with Crippen molar-refractivity contribution in [1.29, 1.82) is 0 Å². The molecule has 104 valence electrons. The Morgan fingerprint density at radius 3 is 2.58 bits per heavy atom. The van der Waals surface area contributed by atoms with Gasteiger partial charge in [0.05, 0.1) is 13.2 Å². The Morgan fingerprint density at radius 2 is 2.00 bits per heavy atom. The van der Waals surface area contributed by atoms with Crippen molar-refractivity contribution in [2.24, 2.45) is 0 Å². The number of rotatable bonds is 6. The highest BCUT2D eigenvalue weighted by Gasteiger charge is 2.13. The number of nitrogens with zero attached hydrogens (tertiary/aromatic N) is 1. The average Bonchev–Trinajstić information content (AvgIpc) is 2.42. The first-order chi connectivity index (χ1) is 9.10. The summed E-state index contributed by atoms with van der Waals surface area (Å²) in [5, 5.41) is 11.4. The lowest BCUT2D eigenvalue weighted by atomic mass is 10.1. The number of nitrogens with one attached hydrogen (secondary N) is 1. The molecule has 0 aliphatic carbocycles. The second-order valence-electron chi connectivity index (χ2n) is 4.19. The minimum atomic E-state index is -0.258. The van der Waals surface area contributed by atoms with Gasteiger partial charge < -0.3 is 15.3 Å². The smallest absolute Gasteiger partial charge is 0.251 e. The third-order valence-corrected chi connectivity index (χ3v) is 2.89. The largest absolute Gasteiger partial charge is 0.395 e. The lowest BCUT2D eigenvalue weighted by Crippen LogP contribution is -2.41. The first-order valence-corrected chi connectivity index (χ1v) is 6.32. The van der Waals surface area contributed by atoms with E-state index in [4.69, 9.17) is 5.11 Å². The van der Waals surface area contributed by atoms with Crippen LogP contribution in [0.2, 0.25) is 0 Å². The van der Waals surface area contributed by atoms with Crippen molar-refractivity contribution in [1.82, 2.24) is 10.2 Å². The Kier molecular flexibility index (Phi) is 6.02. The number of aliphatic hydroxyl groups is 1. The molecule has 0 unspecified atom stereocenters. The molecule has 2 amide bonds. The molecule has 1 aromatic rings. The third-order valence-electron chi connectivity index (χ3n) is 2.89. The van der Waals surface area contributed by atoms with E-state index in [1.54, 1.807) is 12.1 Å². The molecule has 0 saturated carbocycles. The Bertz CT molecular complexity index is 446. The summed E-state index contributed by atoms with van der Waals surface area (Å²) < 4.78 is 0. The van der Waals surface area contributed by atoms with E-state index in [9.17, 15) is 9.59 Å². The van der Waals surface area contributed by atoms with Crippen molar-refractivity contribution in [3.8, 4) is 0 Å². The summed E-state index contributed by atoms with van der Waals surface area (Å²) in [6.45, 7) is 4.35. The van der Waals surface area contributed by atoms with Crippen LogP contribution in [0.3, 0.4) is 0 Å². The molecular formula is C14H20N2O3. The van der Waals surface area contributed by atoms with Gasteiger partial charge >= 0.3 is 0 Å². The first kappa shape index (κ1) is 15.2. The zero-order chi connectivity index (χ0) is 14.3. The number of carbonyl (C=O) groups is 2. The molecule has 0 radical (unpaired) electrons. The number of hydrogen-bond acceptors (Lipinski definition) is 3. The van der Waals surface area contributed by atoms with Gasteiger partial charge in [0.1, 0.15) is 0 Å². The van der Waals surface area contributed by atoms with Gasteiger partial charge in [-0.2, -0.15) is 0 Å². The van der Waals surface area contributed by atoms with Crippen LogP contribution in [0.5, 0.6) is 0 Å². The Hall–Kier alpha value is -1.88. The van der Waals surface area contributed by atoms with Crippen LogP contribution in [0, 0.1) is 6.92 Å². The fraction of sp³-hybridized carbons (Fsp3) is 0.429. The van der Waals surface area contributed by atoms with Crippen LogP contribution in [0.4, 0.5) is 0 Å². The summed E-state index contributed by atoms with van der Waals surface area (Å²) in [6.07, 6.45) is 0. The van der Waals surface area contributed by atoms with Gasteiger partial charge in [-0.15, -0.1) is 0 Å². The zero-order valence-corrected chi connectivity index (χ0v) is 11.3. The Morgan fingerprint density at radius 1 is 1.32 bits per heavy atom. The van der Waals surface area contributed by atoms with Gasteiger partial charge in [-0.1, -0.05) is 18.2 Å². The highest BCUT2D eigenvalue weighted by molar-refractivity contribution is 5.97. The highest BCUT2D eigenvalue weighted by Crippen LogP contribution is 2.06. The molecule has 0 saturated heterocycles. The molecule has 0 aromatic heterocycles. The molecule has 0 bridgehead atoms. The highest BCUT2D eigenvalue weighted by atomic mass is 16.3. The first-order valence-electron chi connectivity index (χ1n) is 6.32. The van der Waals surface area contributed by atoms with E-state index in [0.29, 0.717) is 12.1 Å². The van der Waals surface area contributed by atoms with Gasteiger partial charge in [0, 0.05) is 18.7 Å². The van der Waals surface area contributed by atoms with Crippen molar-refractivity contribution in [3.63, 3.8) is 0 Å². The van der Waals surface area contributed by atoms with Gasteiger partial charge in [0.15, 0.2) is 0 Å². The summed E-state index contributed by atoms with van der Waals surface area (Å²) >= 11 is 0. The molecule has 19 heavy (non-hydrogen) atoms. The third kappa shape index (κ3) is 4.37. The van der Waals surface area contributed by atoms with Crippen LogP contribution < -0.4 is 5.32 Å². The summed E-state index contributed by atoms with van der Waals surface area (Å²) in [5.41, 5.74) is 1.44. The van der Waals surface area contributed by atoms with Gasteiger partial charge in [-0.25, -0.2) is 0 Å². The maximum absolute atomic E-state index is 11.9. The van der Waals surface area contributed by atoms with E-state index in [-0.39, 0.29) is 31.5 Å². The summed E-state index contributed by atoms with van der Waals surface area (Å²) in [5.74, 6) is -0.454. The molecule has 0 atom stereocenters. The minimum absolute atomic E-state index is 0.0546. The summed E-state index contributed by atoms with van der Waals surface area (Å²) in [4.78, 5) is 25.2. The number of benzene rings is 1. The van der Waals surface area contributed by atoms with E-state index in [0.717, 1.165) is 5.56 Å². The normalized spacial score (nSPS) is 10.1. The van der Waals surface area contributed by atoms with Crippen LogP contribution in [-0.4, -0.2) is 48.1 Å². The Balaban J connectivity index is 2.55. The van der Waals surface area contributed by atoms with Gasteiger partial charge in [0.2, 0.25) is 5.91 Å². The average molecular weight is 264 g/mol. The molecule has 1 rings (SSSR count). The molecule has 5 nitrogen and oxygen atoms in total. The van der Waals surface area contributed by atoms with Crippen LogP contribution >= 0.6 is 0 Å². The number of hydrogen-bond donors (Lipinski definition) is 2. The SMILES string of the molecule is CCN(CCO)C(=O)CNC(=O)c1ccccc1C. The van der Waals surface area contributed by atoms with Crippen LogP contribution in [0.25, 0.3) is 0 Å². The molecule has 0 spiro atoms. The topological polar surface area (TPSA) is 69.6 Å². The van der Waals surface area contributed by atoms with Crippen molar-refractivity contribution >= 4 is 11.8 Å². The van der Waals surface area contributed by atoms with Crippen molar-refractivity contribution in [2.45, 2.75) is 13.8 Å². The number of likely N-dealkylation sites (N-methyl/N-ethyl adjacent to an activating group) is 1. The maximum atomic E-state index is 11.9. The lowest BCUT2D eigenvalue weighted by Gasteiger charge is -2.19. The van der Waals surface area contributed by atoms with E-state index < -0.39 is 0 Å². The maximum Gasteiger partial charge on any atom is 0.251 e. The quantitative estimate of drug-likeness (QED) is 0.789. The van der Waals surface area contributed by atoms with Gasteiger partial charge in [-0.3, -0.25) is 9.59 Å². The second-order valence-corrected chi connectivity index (χ2v) is 4.19. The fourth-order valence-electron chi connectivity index (χ4n) is 1.77. The predicted octanol–water partition coefficient (Wildman–Crippen LogP) is 0.566. The molecule has 1 aromatic carbocycles. The van der Waals surface area contributed by atoms with Gasteiger partial charge in [0.25, 0.3) is 5.91 Å². The van der Waals surface area contributed by atoms with Crippen molar-refractivity contribution in [2.75, 3.05) is 26.2 Å². The number of carbonyl (C=O) groups excluding carboxylic acids is 2. The zero-order valence-electron chi connectivity index (χ0n) is 11.3. The number of aliphatic hydroxyl groups excluding tert-OH is 1. The monoisotopic (exact) mass is 264 g/mol. The Labute approximate surface area is 113 Å². The molecule has 0 heterocycles. The predicted molar refractivity (Wildman–Crippen MR) is 72.9 cm³/mol. The molecular weight excluding hydrogens is 244 g/mol. The van der Waals surface area contributed by atoms with E-state index >= 15 is 0 Å². The fourth-order valence-corrected chi connectivity index (χ4v) is 1.77. The van der Waals surface area contributed by atoms with Crippen LogP contribution in [0.1, 0.15) is 22.8 Å². The van der Waals surface area contributed by atoms with Crippen molar-refractivity contribution in [3.05, 3.63) is 35.4 Å². The minimum Gasteiger partial charge on any atom is -0.395 e. The van der Waals surface area contributed by atoms with E-state index in [1.807, 2.05) is 26.0 Å². The van der Waals surface area contributed by atoms with E-state index in [2.05, 4.69) is 5.32 Å². The van der Waals surface area contributed by atoms with Crippen LogP contribution in [-0.2, 0) is 4.79 Å². The van der Waals surface area contributed by atoms with Crippen molar-refractivity contribution < 1.29 is 14.7 Å². The summed E-state index contributed by atoms with van der Waals surface area (Å²) in [6, 6.07) is 7.21. The molecule has 0 fully saturated rings. The standard InChI is InChI=1S/C14H20N2O3/c1-3-16(8-9-17)13(18)10-15-14(19)12-7-5-4-6-11(12)2/h4-7,17H,3,8-10H2,1-2H3,(H,15,19). The van der Waals surface area contributed by atoms with Gasteiger partial charge in [-0.05, 0) is 25.5 Å². The van der Waals surface area contributed by atoms with E-state index in [1.165, 1.54) is 4.90 Å².